The summed E-state index contributed by atoms with van der Waals surface area (Å²) in [5, 5.41) is 56.7. The number of halogens is 2. The lowest BCUT2D eigenvalue weighted by Gasteiger charge is -2.54. The van der Waals surface area contributed by atoms with Gasteiger partial charge in [0.15, 0.2) is 10.6 Å². The van der Waals surface area contributed by atoms with E-state index in [4.69, 9.17) is 16.3 Å². The van der Waals surface area contributed by atoms with Gasteiger partial charge in [-0.2, -0.15) is 0 Å². The number of aliphatic hydroxyl groups is 6. The summed E-state index contributed by atoms with van der Waals surface area (Å²) in [4.78, 5) is 11.9. The Labute approximate surface area is 153 Å². The van der Waals surface area contributed by atoms with Gasteiger partial charge in [0, 0.05) is 6.42 Å². The average Bonchev–Trinajstić information content (AvgIpc) is 2.50. The highest BCUT2D eigenvalue weighted by atomic mass is 79.9. The SMILES string of the molecule is CCCCCCCC(=O)O[C@@]1(O)[C@H](O)[C@@H](O)[C@H](O)[C@@](O)(Br)[C@]1(O)Cl. The Bertz CT molecular complexity index is 446. The molecule has 1 saturated carbocycles. The van der Waals surface area contributed by atoms with Crippen LogP contribution in [0, 0.1) is 0 Å². The highest BCUT2D eigenvalue weighted by Gasteiger charge is 2.75. The summed E-state index contributed by atoms with van der Waals surface area (Å²) in [5.74, 6) is -4.23. The Kier molecular flexibility index (Phi) is 7.47. The molecule has 0 radical (unpaired) electrons. The van der Waals surface area contributed by atoms with Crippen molar-refractivity contribution in [2.24, 2.45) is 0 Å². The number of hydrogen-bond acceptors (Lipinski definition) is 8. The zero-order valence-electron chi connectivity index (χ0n) is 13.2. The van der Waals surface area contributed by atoms with Crippen molar-refractivity contribution in [1.82, 2.24) is 0 Å². The fourth-order valence-corrected chi connectivity index (χ4v) is 3.32. The van der Waals surface area contributed by atoms with Crippen LogP contribution in [-0.2, 0) is 9.53 Å². The van der Waals surface area contributed by atoms with E-state index >= 15 is 0 Å². The minimum atomic E-state index is -3.24. The normalized spacial score (nSPS) is 42.8. The van der Waals surface area contributed by atoms with Gasteiger partial charge in [-0.25, -0.2) is 0 Å². The van der Waals surface area contributed by atoms with Crippen molar-refractivity contribution < 1.29 is 40.2 Å². The minimum Gasteiger partial charge on any atom is -0.425 e. The fraction of sp³-hybridized carbons (Fsp3) is 0.929. The van der Waals surface area contributed by atoms with Gasteiger partial charge in [-0.3, -0.25) is 4.79 Å². The summed E-state index contributed by atoms with van der Waals surface area (Å²) in [6.45, 7) is 2.04. The number of hydrogen-bond donors (Lipinski definition) is 6. The first-order valence-corrected chi connectivity index (χ1v) is 8.91. The standard InChI is InChI=1S/C14H24BrClO8/c1-2-3-4-5-6-7-8(17)24-13(22)11(20)9(18)10(19)12(15,21)14(13,16)23/h9-11,18-23H,2-7H2,1H3/t9-,10-,11+,12-,13-,14+/m0/s1. The molecular formula is C14H24BrClO8. The first-order valence-electron chi connectivity index (χ1n) is 7.74. The second-order valence-corrected chi connectivity index (χ2v) is 7.77. The zero-order chi connectivity index (χ0) is 18.8. The van der Waals surface area contributed by atoms with Crippen molar-refractivity contribution in [1.29, 1.82) is 0 Å². The predicted molar refractivity (Wildman–Crippen MR) is 87.1 cm³/mol. The molecule has 0 bridgehead atoms. The van der Waals surface area contributed by atoms with E-state index in [9.17, 15) is 35.4 Å². The molecule has 6 atom stereocenters. The number of carbonyl (C=O) groups excluding carboxylic acids is 1. The van der Waals surface area contributed by atoms with Gasteiger partial charge >= 0.3 is 5.97 Å². The Balaban J connectivity index is 2.84. The van der Waals surface area contributed by atoms with E-state index in [0.29, 0.717) is 6.42 Å². The number of esters is 1. The van der Waals surface area contributed by atoms with Gasteiger partial charge in [-0.15, -0.1) is 0 Å². The molecule has 1 aliphatic rings. The lowest BCUT2D eigenvalue weighted by Crippen LogP contribution is -2.80. The van der Waals surface area contributed by atoms with Crippen LogP contribution in [0.1, 0.15) is 45.4 Å². The molecule has 0 aromatic heterocycles. The van der Waals surface area contributed by atoms with Crippen LogP contribution in [0.3, 0.4) is 0 Å². The molecule has 10 heteroatoms. The van der Waals surface area contributed by atoms with Crippen molar-refractivity contribution in [3.05, 3.63) is 0 Å². The third-order valence-electron chi connectivity index (χ3n) is 4.13. The van der Waals surface area contributed by atoms with Gasteiger partial charge in [0.05, 0.1) is 0 Å². The summed E-state index contributed by atoms with van der Waals surface area (Å²) in [6.07, 6.45) is -2.61. The molecule has 1 aliphatic carbocycles. The molecule has 0 spiro atoms. The summed E-state index contributed by atoms with van der Waals surface area (Å²) in [6, 6.07) is 0. The van der Waals surface area contributed by atoms with Gasteiger partial charge < -0.3 is 35.4 Å². The number of aliphatic hydroxyl groups excluding tert-OH is 3. The maximum atomic E-state index is 11.9. The van der Waals surface area contributed by atoms with Crippen LogP contribution in [-0.4, -0.2) is 70.3 Å². The van der Waals surface area contributed by atoms with Crippen LogP contribution in [0.5, 0.6) is 0 Å². The molecule has 0 aromatic rings. The largest absolute Gasteiger partial charge is 0.425 e. The molecule has 142 valence electrons. The summed E-state index contributed by atoms with van der Waals surface area (Å²) < 4.78 is 1.84. The summed E-state index contributed by atoms with van der Waals surface area (Å²) in [7, 11) is 0. The van der Waals surface area contributed by atoms with E-state index in [1.807, 2.05) is 6.92 Å². The second kappa shape index (κ2) is 8.13. The number of carbonyl (C=O) groups is 1. The van der Waals surface area contributed by atoms with E-state index in [0.717, 1.165) is 25.7 Å². The van der Waals surface area contributed by atoms with Crippen LogP contribution < -0.4 is 0 Å². The van der Waals surface area contributed by atoms with E-state index in [2.05, 4.69) is 15.9 Å². The number of ether oxygens (including phenoxy) is 1. The monoisotopic (exact) mass is 434 g/mol. The predicted octanol–water partition coefficient (Wildman–Crippen LogP) is -0.314. The lowest BCUT2D eigenvalue weighted by molar-refractivity contribution is -0.367. The Morgan fingerprint density at radius 1 is 1.08 bits per heavy atom. The van der Waals surface area contributed by atoms with Crippen LogP contribution in [0.25, 0.3) is 0 Å². The lowest BCUT2D eigenvalue weighted by atomic mass is 9.81. The quantitative estimate of drug-likeness (QED) is 0.138. The summed E-state index contributed by atoms with van der Waals surface area (Å²) >= 11 is 8.17. The maximum absolute atomic E-state index is 11.9. The molecule has 0 unspecified atom stereocenters. The molecule has 1 rings (SSSR count). The Morgan fingerprint density at radius 2 is 1.62 bits per heavy atom. The molecule has 0 aliphatic heterocycles. The zero-order valence-corrected chi connectivity index (χ0v) is 15.6. The van der Waals surface area contributed by atoms with Gasteiger partial charge in [-0.1, -0.05) is 44.2 Å². The molecule has 6 N–H and O–H groups in total. The van der Waals surface area contributed by atoms with Gasteiger partial charge in [0.25, 0.3) is 5.79 Å². The minimum absolute atomic E-state index is 0.120. The van der Waals surface area contributed by atoms with Crippen molar-refractivity contribution >= 4 is 33.5 Å². The van der Waals surface area contributed by atoms with E-state index in [1.54, 1.807) is 0 Å². The topological polar surface area (TPSA) is 148 Å². The Morgan fingerprint density at radius 3 is 2.17 bits per heavy atom. The molecular weight excluding hydrogens is 412 g/mol. The highest BCUT2D eigenvalue weighted by Crippen LogP contribution is 2.50. The van der Waals surface area contributed by atoms with E-state index in [-0.39, 0.29) is 6.42 Å². The van der Waals surface area contributed by atoms with Crippen LogP contribution >= 0.6 is 27.5 Å². The molecule has 0 amide bonds. The van der Waals surface area contributed by atoms with Crippen LogP contribution in [0.2, 0.25) is 0 Å². The first-order chi connectivity index (χ1) is 10.9. The molecule has 1 fully saturated rings. The average molecular weight is 436 g/mol. The molecule has 8 nitrogen and oxygen atoms in total. The number of unbranched alkanes of at least 4 members (excludes halogenated alkanes) is 4. The van der Waals surface area contributed by atoms with Gasteiger partial charge in [0.2, 0.25) is 5.06 Å². The van der Waals surface area contributed by atoms with E-state index in [1.165, 1.54) is 0 Å². The van der Waals surface area contributed by atoms with Crippen LogP contribution in [0.4, 0.5) is 0 Å². The fourth-order valence-electron chi connectivity index (χ4n) is 2.50. The van der Waals surface area contributed by atoms with Crippen molar-refractivity contribution in [2.75, 3.05) is 0 Å². The Hall–Kier alpha value is -0.000000000000000222. The van der Waals surface area contributed by atoms with Crippen molar-refractivity contribution in [2.45, 2.75) is 79.1 Å². The molecule has 24 heavy (non-hydrogen) atoms. The highest BCUT2D eigenvalue weighted by molar-refractivity contribution is 9.10. The van der Waals surface area contributed by atoms with Gasteiger partial charge in [-0.05, 0) is 22.4 Å². The van der Waals surface area contributed by atoms with Crippen LogP contribution in [0.15, 0.2) is 0 Å². The summed E-state index contributed by atoms with van der Waals surface area (Å²) in [5.41, 5.74) is 0. The third-order valence-corrected chi connectivity index (χ3v) is 5.96. The maximum Gasteiger partial charge on any atom is 0.308 e. The van der Waals surface area contributed by atoms with E-state index < -0.39 is 39.6 Å². The van der Waals surface area contributed by atoms with Gasteiger partial charge in [0.1, 0.15) is 12.2 Å². The molecule has 0 saturated heterocycles. The third kappa shape index (κ3) is 3.88. The number of rotatable bonds is 7. The molecule has 0 aromatic carbocycles. The second-order valence-electron chi connectivity index (χ2n) is 6.01. The van der Waals surface area contributed by atoms with Crippen molar-refractivity contribution in [3.63, 3.8) is 0 Å². The van der Waals surface area contributed by atoms with Crippen molar-refractivity contribution in [3.8, 4) is 0 Å². The first kappa shape index (κ1) is 22.0. The number of alkyl halides is 2. The molecule has 0 heterocycles. The smallest absolute Gasteiger partial charge is 0.308 e.